The second kappa shape index (κ2) is 6.55. The molecule has 3 nitrogen and oxygen atoms in total. The van der Waals surface area contributed by atoms with Crippen molar-refractivity contribution in [3.05, 3.63) is 42.0 Å². The number of rotatable bonds is 3. The van der Waals surface area contributed by atoms with Crippen LogP contribution in [0.15, 0.2) is 30.8 Å². The number of carbonyl (C=O) groups is 1. The number of nitrogens with zero attached hydrogens (tertiary/aromatic N) is 1. The van der Waals surface area contributed by atoms with Crippen molar-refractivity contribution in [2.24, 2.45) is 0 Å². The minimum absolute atomic E-state index is 0.0397. The van der Waals surface area contributed by atoms with E-state index in [9.17, 15) is 4.79 Å². The lowest BCUT2D eigenvalue weighted by molar-refractivity contribution is 0.149. The molecule has 1 aromatic carbocycles. The Balaban J connectivity index is 2.14. The highest BCUT2D eigenvalue weighted by Crippen LogP contribution is 2.25. The van der Waals surface area contributed by atoms with Crippen LogP contribution in [0.2, 0.25) is 0 Å². The molecule has 1 N–H and O–H groups in total. The monoisotopic (exact) mass is 300 g/mol. The smallest absolute Gasteiger partial charge is 0.318 e. The summed E-state index contributed by atoms with van der Waals surface area (Å²) in [5.41, 5.74) is 2.85. The van der Waals surface area contributed by atoms with E-state index in [1.54, 1.807) is 0 Å². The Labute approximate surface area is 134 Å². The Morgan fingerprint density at radius 1 is 1.36 bits per heavy atom. The highest BCUT2D eigenvalue weighted by Gasteiger charge is 2.29. The van der Waals surface area contributed by atoms with Crippen LogP contribution >= 0.6 is 0 Å². The van der Waals surface area contributed by atoms with E-state index in [-0.39, 0.29) is 6.03 Å². The quantitative estimate of drug-likeness (QED) is 0.873. The molecular formula is C19H28N2O. The van der Waals surface area contributed by atoms with Crippen molar-refractivity contribution >= 4 is 11.6 Å². The summed E-state index contributed by atoms with van der Waals surface area (Å²) in [6.07, 6.45) is 3.41. The first-order chi connectivity index (χ1) is 10.3. The Morgan fingerprint density at radius 2 is 2.09 bits per heavy atom. The molecule has 0 aliphatic carbocycles. The van der Waals surface area contributed by atoms with Crippen molar-refractivity contribution in [2.45, 2.75) is 58.5 Å². The molecule has 0 spiro atoms. The topological polar surface area (TPSA) is 32.3 Å². The van der Waals surface area contributed by atoms with E-state index in [0.29, 0.717) is 6.04 Å². The van der Waals surface area contributed by atoms with Gasteiger partial charge in [-0.05, 0) is 64.2 Å². The van der Waals surface area contributed by atoms with Crippen LogP contribution in [0.25, 0.3) is 5.57 Å². The molecule has 1 fully saturated rings. The van der Waals surface area contributed by atoms with Crippen LogP contribution in [0.1, 0.15) is 58.1 Å². The zero-order valence-corrected chi connectivity index (χ0v) is 14.3. The third-order valence-corrected chi connectivity index (χ3v) is 4.56. The van der Waals surface area contributed by atoms with E-state index in [1.165, 1.54) is 6.42 Å². The fraction of sp³-hybridized carbons (Fsp3) is 0.526. The lowest BCUT2D eigenvalue weighted by atomic mass is 9.91. The molecule has 1 aromatic rings. The number of carbonyl (C=O) groups excluding carboxylic acids is 1. The van der Waals surface area contributed by atoms with Gasteiger partial charge in [0.1, 0.15) is 0 Å². The molecule has 2 rings (SSSR count). The molecular weight excluding hydrogens is 272 g/mol. The van der Waals surface area contributed by atoms with Gasteiger partial charge in [-0.2, -0.15) is 0 Å². The first kappa shape index (κ1) is 16.6. The van der Waals surface area contributed by atoms with Gasteiger partial charge < -0.3 is 10.2 Å². The SMILES string of the molecule is C=C(C)c1cccc(C(C)(C)NC(=O)N2CCCC[C@H]2C)c1. The first-order valence-corrected chi connectivity index (χ1v) is 8.16. The molecule has 0 bridgehead atoms. The van der Waals surface area contributed by atoms with Gasteiger partial charge in [0.05, 0.1) is 5.54 Å². The third-order valence-electron chi connectivity index (χ3n) is 4.56. The molecule has 1 aliphatic rings. The van der Waals surface area contributed by atoms with E-state index in [1.807, 2.05) is 17.9 Å². The van der Waals surface area contributed by atoms with Crippen LogP contribution in [0, 0.1) is 0 Å². The van der Waals surface area contributed by atoms with Crippen molar-refractivity contribution in [1.82, 2.24) is 10.2 Å². The molecule has 3 heteroatoms. The number of likely N-dealkylation sites (tertiary alicyclic amines) is 1. The van der Waals surface area contributed by atoms with Crippen molar-refractivity contribution in [2.75, 3.05) is 6.54 Å². The molecule has 120 valence electrons. The van der Waals surface area contributed by atoms with Crippen LogP contribution < -0.4 is 5.32 Å². The number of hydrogen-bond donors (Lipinski definition) is 1. The highest BCUT2D eigenvalue weighted by atomic mass is 16.2. The molecule has 1 aliphatic heterocycles. The first-order valence-electron chi connectivity index (χ1n) is 8.16. The number of allylic oxidation sites excluding steroid dienone is 1. The molecule has 1 atom stereocenters. The number of piperidine rings is 1. The number of benzene rings is 1. The molecule has 0 radical (unpaired) electrons. The molecule has 0 aromatic heterocycles. The minimum atomic E-state index is -0.403. The summed E-state index contributed by atoms with van der Waals surface area (Å²) in [5.74, 6) is 0. The highest BCUT2D eigenvalue weighted by molar-refractivity contribution is 5.76. The van der Waals surface area contributed by atoms with E-state index >= 15 is 0 Å². The summed E-state index contributed by atoms with van der Waals surface area (Å²) >= 11 is 0. The van der Waals surface area contributed by atoms with Gasteiger partial charge in [0.15, 0.2) is 0 Å². The normalized spacial score (nSPS) is 18.9. The Morgan fingerprint density at radius 3 is 2.73 bits per heavy atom. The summed E-state index contributed by atoms with van der Waals surface area (Å²) in [7, 11) is 0. The summed E-state index contributed by atoms with van der Waals surface area (Å²) in [6.45, 7) is 13.1. The second-order valence-electron chi connectivity index (χ2n) is 6.95. The van der Waals surface area contributed by atoms with Crippen LogP contribution in [0.5, 0.6) is 0 Å². The second-order valence-corrected chi connectivity index (χ2v) is 6.95. The number of amides is 2. The molecule has 1 saturated heterocycles. The van der Waals surface area contributed by atoms with Crippen LogP contribution in [-0.2, 0) is 5.54 Å². The maximum Gasteiger partial charge on any atom is 0.318 e. The Bertz CT molecular complexity index is 562. The number of urea groups is 1. The predicted molar refractivity (Wildman–Crippen MR) is 92.7 cm³/mol. The molecule has 1 heterocycles. The molecule has 2 amide bonds. The Kier molecular flexibility index (Phi) is 4.94. The molecule has 0 unspecified atom stereocenters. The fourth-order valence-electron chi connectivity index (χ4n) is 2.98. The predicted octanol–water partition coefficient (Wildman–Crippen LogP) is 4.54. The van der Waals surface area contributed by atoms with Crippen molar-refractivity contribution < 1.29 is 4.79 Å². The van der Waals surface area contributed by atoms with Gasteiger partial charge in [-0.1, -0.05) is 30.4 Å². The lowest BCUT2D eigenvalue weighted by Crippen LogP contribution is -2.52. The Hall–Kier alpha value is -1.77. The summed E-state index contributed by atoms with van der Waals surface area (Å²) in [6, 6.07) is 8.62. The fourth-order valence-corrected chi connectivity index (χ4v) is 2.98. The largest absolute Gasteiger partial charge is 0.329 e. The van der Waals surface area contributed by atoms with Gasteiger partial charge in [-0.3, -0.25) is 0 Å². The molecule has 22 heavy (non-hydrogen) atoms. The van der Waals surface area contributed by atoms with Crippen LogP contribution in [0.3, 0.4) is 0 Å². The average Bonchev–Trinajstić information content (AvgIpc) is 2.47. The van der Waals surface area contributed by atoms with Crippen LogP contribution in [0.4, 0.5) is 4.79 Å². The van der Waals surface area contributed by atoms with Gasteiger partial charge in [0.2, 0.25) is 0 Å². The van der Waals surface area contributed by atoms with Gasteiger partial charge in [0.25, 0.3) is 0 Å². The zero-order chi connectivity index (χ0) is 16.3. The molecule has 0 saturated carbocycles. The van der Waals surface area contributed by atoms with Crippen LogP contribution in [-0.4, -0.2) is 23.5 Å². The van der Waals surface area contributed by atoms with E-state index < -0.39 is 5.54 Å². The summed E-state index contributed by atoms with van der Waals surface area (Å²) in [5, 5.41) is 3.20. The lowest BCUT2D eigenvalue weighted by Gasteiger charge is -2.37. The van der Waals surface area contributed by atoms with E-state index in [4.69, 9.17) is 0 Å². The van der Waals surface area contributed by atoms with E-state index in [0.717, 1.165) is 36.1 Å². The van der Waals surface area contributed by atoms with Gasteiger partial charge in [-0.15, -0.1) is 0 Å². The minimum Gasteiger partial charge on any atom is -0.329 e. The van der Waals surface area contributed by atoms with Crippen molar-refractivity contribution in [1.29, 1.82) is 0 Å². The van der Waals surface area contributed by atoms with Crippen molar-refractivity contribution in [3.63, 3.8) is 0 Å². The summed E-state index contributed by atoms with van der Waals surface area (Å²) in [4.78, 5) is 14.6. The van der Waals surface area contributed by atoms with Gasteiger partial charge in [-0.25, -0.2) is 4.79 Å². The number of nitrogens with one attached hydrogen (secondary N) is 1. The van der Waals surface area contributed by atoms with Gasteiger partial charge in [0, 0.05) is 12.6 Å². The van der Waals surface area contributed by atoms with Crippen molar-refractivity contribution in [3.8, 4) is 0 Å². The number of hydrogen-bond acceptors (Lipinski definition) is 1. The van der Waals surface area contributed by atoms with E-state index in [2.05, 4.69) is 50.9 Å². The summed E-state index contributed by atoms with van der Waals surface area (Å²) < 4.78 is 0. The maximum atomic E-state index is 12.6. The van der Waals surface area contributed by atoms with Gasteiger partial charge >= 0.3 is 6.03 Å². The standard InChI is InChI=1S/C19H28N2O/c1-14(2)16-10-8-11-17(13-16)19(4,5)20-18(22)21-12-7-6-9-15(21)3/h8,10-11,13,15H,1,6-7,9,12H2,2-5H3,(H,20,22)/t15-/m1/s1. The zero-order valence-electron chi connectivity index (χ0n) is 14.3. The average molecular weight is 300 g/mol. The third kappa shape index (κ3) is 3.70. The maximum absolute atomic E-state index is 12.6.